The van der Waals surface area contributed by atoms with Gasteiger partial charge in [0.1, 0.15) is 16.4 Å². The number of nitrogens with zero attached hydrogens (tertiary/aromatic N) is 3. The molecule has 0 aliphatic rings. The number of primary sulfonamides is 1. The van der Waals surface area contributed by atoms with Crippen LogP contribution in [0.5, 0.6) is 0 Å². The normalized spacial score (nSPS) is 11.5. The SMILES string of the molecule is Cc1nc(NC(=O)c2cc(S(N)(=O)=O)cn2C)n[nH]1. The summed E-state index contributed by atoms with van der Waals surface area (Å²) in [4.78, 5) is 15.7. The van der Waals surface area contributed by atoms with Crippen LogP contribution in [0.1, 0.15) is 16.3 Å². The second-order valence-electron chi connectivity index (χ2n) is 3.92. The number of aryl methyl sites for hydroxylation is 2. The van der Waals surface area contributed by atoms with Gasteiger partial charge >= 0.3 is 0 Å². The fourth-order valence-electron chi connectivity index (χ4n) is 1.48. The van der Waals surface area contributed by atoms with Crippen LogP contribution in [0.3, 0.4) is 0 Å². The second-order valence-corrected chi connectivity index (χ2v) is 5.48. The number of carbonyl (C=O) groups is 1. The van der Waals surface area contributed by atoms with Crippen LogP contribution in [-0.2, 0) is 17.1 Å². The van der Waals surface area contributed by atoms with Crippen LogP contribution in [0.25, 0.3) is 0 Å². The van der Waals surface area contributed by atoms with Gasteiger partial charge in [0.25, 0.3) is 5.91 Å². The van der Waals surface area contributed by atoms with Crippen molar-refractivity contribution in [3.05, 3.63) is 23.8 Å². The number of anilines is 1. The third-order valence-electron chi connectivity index (χ3n) is 2.36. The Morgan fingerprint density at radius 2 is 2.21 bits per heavy atom. The Labute approximate surface area is 108 Å². The van der Waals surface area contributed by atoms with Gasteiger partial charge in [0.05, 0.1) is 0 Å². The molecule has 0 spiro atoms. The van der Waals surface area contributed by atoms with Gasteiger partial charge in [-0.05, 0) is 13.0 Å². The molecule has 9 nitrogen and oxygen atoms in total. The van der Waals surface area contributed by atoms with Gasteiger partial charge in [0.15, 0.2) is 0 Å². The van der Waals surface area contributed by atoms with Crippen LogP contribution in [-0.4, -0.2) is 34.1 Å². The van der Waals surface area contributed by atoms with E-state index in [-0.39, 0.29) is 16.5 Å². The lowest BCUT2D eigenvalue weighted by atomic mass is 10.4. The summed E-state index contributed by atoms with van der Waals surface area (Å²) in [6.07, 6.45) is 1.26. The fraction of sp³-hybridized carbons (Fsp3) is 0.222. The van der Waals surface area contributed by atoms with Gasteiger partial charge in [-0.3, -0.25) is 15.2 Å². The summed E-state index contributed by atoms with van der Waals surface area (Å²) in [5, 5.41) is 13.7. The quantitative estimate of drug-likeness (QED) is 0.688. The number of sulfonamides is 1. The molecule has 2 heterocycles. The fourth-order valence-corrected chi connectivity index (χ4v) is 2.06. The van der Waals surface area contributed by atoms with Crippen molar-refractivity contribution in [2.45, 2.75) is 11.8 Å². The maximum atomic E-state index is 11.9. The molecule has 0 saturated carbocycles. The van der Waals surface area contributed by atoms with E-state index >= 15 is 0 Å². The van der Waals surface area contributed by atoms with E-state index in [1.807, 2.05) is 0 Å². The van der Waals surface area contributed by atoms with Crippen LogP contribution >= 0.6 is 0 Å². The highest BCUT2D eigenvalue weighted by Gasteiger charge is 2.18. The summed E-state index contributed by atoms with van der Waals surface area (Å²) < 4.78 is 23.7. The maximum Gasteiger partial charge on any atom is 0.274 e. The number of hydrogen-bond acceptors (Lipinski definition) is 5. The van der Waals surface area contributed by atoms with Gasteiger partial charge in [-0.1, -0.05) is 0 Å². The van der Waals surface area contributed by atoms with E-state index in [0.717, 1.165) is 0 Å². The molecule has 10 heteroatoms. The first kappa shape index (κ1) is 13.2. The maximum absolute atomic E-state index is 11.9. The zero-order valence-corrected chi connectivity index (χ0v) is 11.0. The highest BCUT2D eigenvalue weighted by atomic mass is 32.2. The Balaban J connectivity index is 2.27. The van der Waals surface area contributed by atoms with Crippen LogP contribution < -0.4 is 10.5 Å². The summed E-state index contributed by atoms with van der Waals surface area (Å²) >= 11 is 0. The van der Waals surface area contributed by atoms with Gasteiger partial charge in [0, 0.05) is 13.2 Å². The molecule has 2 rings (SSSR count). The summed E-state index contributed by atoms with van der Waals surface area (Å²) in [7, 11) is -2.31. The smallest absolute Gasteiger partial charge is 0.274 e. The number of rotatable bonds is 3. The van der Waals surface area contributed by atoms with Crippen molar-refractivity contribution in [3.8, 4) is 0 Å². The number of nitrogens with two attached hydrogens (primary N) is 1. The van der Waals surface area contributed by atoms with E-state index in [0.29, 0.717) is 5.82 Å². The number of aromatic nitrogens is 4. The average molecular weight is 284 g/mol. The van der Waals surface area contributed by atoms with Gasteiger partial charge < -0.3 is 4.57 Å². The van der Waals surface area contributed by atoms with Gasteiger partial charge in [-0.2, -0.15) is 4.98 Å². The Hall–Kier alpha value is -2.20. The second kappa shape index (κ2) is 4.48. The number of amides is 1. The molecule has 0 unspecified atom stereocenters. The van der Waals surface area contributed by atoms with Gasteiger partial charge in [-0.15, -0.1) is 5.10 Å². The van der Waals surface area contributed by atoms with E-state index in [9.17, 15) is 13.2 Å². The van der Waals surface area contributed by atoms with Crippen molar-refractivity contribution in [2.24, 2.45) is 12.2 Å². The highest BCUT2D eigenvalue weighted by Crippen LogP contribution is 2.13. The van der Waals surface area contributed by atoms with Crippen LogP contribution in [0.2, 0.25) is 0 Å². The molecule has 0 radical (unpaired) electrons. The standard InChI is InChI=1S/C9H12N6O3S/c1-5-11-9(14-13-5)12-8(16)7-3-6(4-15(7)2)19(10,17)18/h3-4H,1-2H3,(H2,10,17,18)(H2,11,12,13,14,16). The summed E-state index contributed by atoms with van der Waals surface area (Å²) in [6, 6.07) is 1.18. The zero-order chi connectivity index (χ0) is 14.2. The molecule has 0 aromatic carbocycles. The Kier molecular flexibility index (Phi) is 3.12. The number of carbonyl (C=O) groups excluding carboxylic acids is 1. The summed E-state index contributed by atoms with van der Waals surface area (Å²) in [5.74, 6) is 0.129. The van der Waals surface area contributed by atoms with E-state index in [1.165, 1.54) is 23.9 Å². The molecule has 0 bridgehead atoms. The molecule has 4 N–H and O–H groups in total. The zero-order valence-electron chi connectivity index (χ0n) is 10.2. The van der Waals surface area contributed by atoms with E-state index in [4.69, 9.17) is 5.14 Å². The molecule has 0 saturated heterocycles. The van der Waals surface area contributed by atoms with E-state index in [1.54, 1.807) is 6.92 Å². The predicted molar refractivity (Wildman–Crippen MR) is 65.9 cm³/mol. The Bertz CT molecular complexity index is 729. The van der Waals surface area contributed by atoms with Crippen molar-refractivity contribution in [2.75, 3.05) is 5.32 Å². The molecule has 0 aliphatic carbocycles. The number of aromatic amines is 1. The molecular formula is C9H12N6O3S. The first-order chi connectivity index (χ1) is 8.77. The molecule has 102 valence electrons. The highest BCUT2D eigenvalue weighted by molar-refractivity contribution is 7.89. The molecule has 0 atom stereocenters. The number of H-pyrrole nitrogens is 1. The molecule has 19 heavy (non-hydrogen) atoms. The van der Waals surface area contributed by atoms with Gasteiger partial charge in [-0.25, -0.2) is 13.6 Å². The van der Waals surface area contributed by atoms with Crippen molar-refractivity contribution >= 4 is 21.9 Å². The van der Waals surface area contributed by atoms with Crippen LogP contribution in [0, 0.1) is 6.92 Å². The topological polar surface area (TPSA) is 136 Å². The van der Waals surface area contributed by atoms with Crippen molar-refractivity contribution in [1.82, 2.24) is 19.7 Å². The first-order valence-electron chi connectivity index (χ1n) is 5.17. The van der Waals surface area contributed by atoms with Crippen molar-refractivity contribution in [1.29, 1.82) is 0 Å². The minimum absolute atomic E-state index is 0.112. The van der Waals surface area contributed by atoms with Crippen molar-refractivity contribution in [3.63, 3.8) is 0 Å². The average Bonchev–Trinajstić information content (AvgIpc) is 2.84. The molecule has 0 fully saturated rings. The molecule has 0 aliphatic heterocycles. The Morgan fingerprint density at radius 1 is 1.53 bits per heavy atom. The summed E-state index contributed by atoms with van der Waals surface area (Å²) in [6.45, 7) is 1.68. The van der Waals surface area contributed by atoms with Crippen molar-refractivity contribution < 1.29 is 13.2 Å². The minimum Gasteiger partial charge on any atom is -0.345 e. The summed E-state index contributed by atoms with van der Waals surface area (Å²) in [5.41, 5.74) is 0.131. The van der Waals surface area contributed by atoms with Gasteiger partial charge in [0.2, 0.25) is 16.0 Å². The molecule has 2 aromatic heterocycles. The lowest BCUT2D eigenvalue weighted by Crippen LogP contribution is -2.16. The lowest BCUT2D eigenvalue weighted by Gasteiger charge is -2.01. The monoisotopic (exact) mass is 284 g/mol. The molecule has 2 aromatic rings. The molecular weight excluding hydrogens is 272 g/mol. The predicted octanol–water partition coefficient (Wildman–Crippen LogP) is -0.649. The third-order valence-corrected chi connectivity index (χ3v) is 3.24. The molecule has 1 amide bonds. The minimum atomic E-state index is -3.85. The number of nitrogens with one attached hydrogen (secondary N) is 2. The largest absolute Gasteiger partial charge is 0.345 e. The van der Waals surface area contributed by atoms with Crippen LogP contribution in [0.15, 0.2) is 17.2 Å². The Morgan fingerprint density at radius 3 is 2.68 bits per heavy atom. The first-order valence-corrected chi connectivity index (χ1v) is 6.71. The van der Waals surface area contributed by atoms with E-state index < -0.39 is 15.9 Å². The van der Waals surface area contributed by atoms with Crippen LogP contribution in [0.4, 0.5) is 5.95 Å². The number of hydrogen-bond donors (Lipinski definition) is 3. The third kappa shape index (κ3) is 2.80. The lowest BCUT2D eigenvalue weighted by molar-refractivity contribution is 0.101. The van der Waals surface area contributed by atoms with E-state index in [2.05, 4.69) is 20.5 Å².